The van der Waals surface area contributed by atoms with Crippen LogP contribution in [-0.2, 0) is 14.8 Å². The summed E-state index contributed by atoms with van der Waals surface area (Å²) in [5, 5.41) is 7.94. The van der Waals surface area contributed by atoms with E-state index in [1.165, 1.54) is 11.3 Å². The van der Waals surface area contributed by atoms with Gasteiger partial charge in [0.1, 0.15) is 4.21 Å². The van der Waals surface area contributed by atoms with E-state index < -0.39 is 10.0 Å². The van der Waals surface area contributed by atoms with Gasteiger partial charge in [-0.2, -0.15) is 4.31 Å². The van der Waals surface area contributed by atoms with Gasteiger partial charge in [-0.3, -0.25) is 4.79 Å². The van der Waals surface area contributed by atoms with Gasteiger partial charge in [0.15, 0.2) is 0 Å². The number of sulfonamides is 1. The summed E-state index contributed by atoms with van der Waals surface area (Å²) < 4.78 is 27.1. The molecule has 2 aliphatic rings. The largest absolute Gasteiger partial charge is 0.354 e. The molecule has 3 heterocycles. The molecule has 2 unspecified atom stereocenters. The molecule has 1 amide bonds. The van der Waals surface area contributed by atoms with Crippen molar-refractivity contribution in [3.05, 3.63) is 17.5 Å². The number of piperidine rings is 1. The maximum Gasteiger partial charge on any atom is 0.252 e. The van der Waals surface area contributed by atoms with E-state index >= 15 is 0 Å². The van der Waals surface area contributed by atoms with E-state index in [4.69, 9.17) is 0 Å². The molecule has 2 N–H and O–H groups in total. The van der Waals surface area contributed by atoms with Gasteiger partial charge in [-0.15, -0.1) is 11.3 Å². The molecule has 128 valence electrons. The topological polar surface area (TPSA) is 78.5 Å². The lowest BCUT2D eigenvalue weighted by Crippen LogP contribution is -2.46. The van der Waals surface area contributed by atoms with E-state index in [0.29, 0.717) is 23.8 Å². The molecule has 2 fully saturated rings. The molecular formula is C15H23N3O3S2. The smallest absolute Gasteiger partial charge is 0.252 e. The SMILES string of the molecule is O=C(NCC1CCCN(S(=O)(=O)c2cccs2)C1)C1CCCN1. The van der Waals surface area contributed by atoms with E-state index in [2.05, 4.69) is 10.6 Å². The normalized spacial score (nSPS) is 26.3. The first-order chi connectivity index (χ1) is 11.1. The first-order valence-electron chi connectivity index (χ1n) is 8.12. The minimum absolute atomic E-state index is 0.0423. The van der Waals surface area contributed by atoms with Crippen molar-refractivity contribution in [3.63, 3.8) is 0 Å². The second kappa shape index (κ2) is 7.29. The summed E-state index contributed by atoms with van der Waals surface area (Å²) in [6.45, 7) is 2.50. The summed E-state index contributed by atoms with van der Waals surface area (Å²) in [5.41, 5.74) is 0. The molecule has 2 aliphatic heterocycles. The molecule has 2 atom stereocenters. The van der Waals surface area contributed by atoms with E-state index in [9.17, 15) is 13.2 Å². The molecule has 0 saturated carbocycles. The fourth-order valence-corrected chi connectivity index (χ4v) is 5.92. The van der Waals surface area contributed by atoms with Gasteiger partial charge in [-0.05, 0) is 49.6 Å². The second-order valence-electron chi connectivity index (χ2n) is 6.20. The van der Waals surface area contributed by atoms with Crippen LogP contribution in [0.3, 0.4) is 0 Å². The molecule has 6 nitrogen and oxygen atoms in total. The van der Waals surface area contributed by atoms with Crippen molar-refractivity contribution in [2.45, 2.75) is 35.9 Å². The molecule has 1 aromatic rings. The molecule has 0 bridgehead atoms. The van der Waals surface area contributed by atoms with Crippen molar-refractivity contribution < 1.29 is 13.2 Å². The summed E-state index contributed by atoms with van der Waals surface area (Å²) in [6.07, 6.45) is 3.71. The third-order valence-corrected chi connectivity index (χ3v) is 7.75. The van der Waals surface area contributed by atoms with Crippen LogP contribution >= 0.6 is 11.3 Å². The molecule has 2 saturated heterocycles. The second-order valence-corrected chi connectivity index (χ2v) is 9.31. The number of nitrogens with zero attached hydrogens (tertiary/aromatic N) is 1. The van der Waals surface area contributed by atoms with Gasteiger partial charge in [0.25, 0.3) is 10.0 Å². The third kappa shape index (κ3) is 3.93. The summed E-state index contributed by atoms with van der Waals surface area (Å²) >= 11 is 1.25. The minimum Gasteiger partial charge on any atom is -0.354 e. The Kier molecular flexibility index (Phi) is 5.35. The van der Waals surface area contributed by atoms with Gasteiger partial charge in [0.2, 0.25) is 5.91 Å². The Morgan fingerprint density at radius 2 is 2.26 bits per heavy atom. The number of rotatable bonds is 5. The number of hydrogen-bond acceptors (Lipinski definition) is 5. The van der Waals surface area contributed by atoms with Crippen LogP contribution in [0, 0.1) is 5.92 Å². The van der Waals surface area contributed by atoms with Crippen molar-refractivity contribution in [1.82, 2.24) is 14.9 Å². The summed E-state index contributed by atoms with van der Waals surface area (Å²) in [7, 11) is -3.38. The van der Waals surface area contributed by atoms with E-state index in [1.54, 1.807) is 21.8 Å². The maximum atomic E-state index is 12.6. The number of carbonyl (C=O) groups excluding carboxylic acids is 1. The average molecular weight is 358 g/mol. The van der Waals surface area contributed by atoms with E-state index in [1.807, 2.05) is 0 Å². The Morgan fingerprint density at radius 1 is 1.39 bits per heavy atom. The van der Waals surface area contributed by atoms with Gasteiger partial charge in [0.05, 0.1) is 6.04 Å². The molecule has 1 aromatic heterocycles. The quantitative estimate of drug-likeness (QED) is 0.825. The Labute approximate surface area is 141 Å². The number of hydrogen-bond donors (Lipinski definition) is 2. The first-order valence-corrected chi connectivity index (χ1v) is 10.4. The Bertz CT molecular complexity index is 624. The van der Waals surface area contributed by atoms with Gasteiger partial charge >= 0.3 is 0 Å². The third-order valence-electron chi connectivity index (χ3n) is 4.51. The van der Waals surface area contributed by atoms with Gasteiger partial charge in [-0.1, -0.05) is 6.07 Å². The van der Waals surface area contributed by atoms with Gasteiger partial charge in [-0.25, -0.2) is 8.42 Å². The van der Waals surface area contributed by atoms with Crippen LogP contribution in [0.4, 0.5) is 0 Å². The lowest BCUT2D eigenvalue weighted by Gasteiger charge is -2.31. The van der Waals surface area contributed by atoms with Gasteiger partial charge < -0.3 is 10.6 Å². The zero-order chi connectivity index (χ0) is 16.3. The predicted molar refractivity (Wildman–Crippen MR) is 89.8 cm³/mol. The van der Waals surface area contributed by atoms with Crippen molar-refractivity contribution in [2.24, 2.45) is 5.92 Å². The Hall–Kier alpha value is -0.960. The molecule has 8 heteroatoms. The van der Waals surface area contributed by atoms with Crippen LogP contribution in [-0.4, -0.2) is 50.9 Å². The first kappa shape index (κ1) is 16.9. The minimum atomic E-state index is -3.38. The lowest BCUT2D eigenvalue weighted by atomic mass is 9.99. The van der Waals surface area contributed by atoms with Crippen LogP contribution in [0.25, 0.3) is 0 Å². The highest BCUT2D eigenvalue weighted by Crippen LogP contribution is 2.26. The van der Waals surface area contributed by atoms with E-state index in [-0.39, 0.29) is 17.9 Å². The Morgan fingerprint density at radius 3 is 2.96 bits per heavy atom. The number of carbonyl (C=O) groups is 1. The van der Waals surface area contributed by atoms with Crippen LogP contribution in [0.2, 0.25) is 0 Å². The summed E-state index contributed by atoms with van der Waals surface area (Å²) in [4.78, 5) is 12.0. The average Bonchev–Trinajstić information content (AvgIpc) is 3.25. The highest BCUT2D eigenvalue weighted by atomic mass is 32.2. The Balaban J connectivity index is 1.55. The standard InChI is InChI=1S/C15H23N3O3S2/c19-15(13-5-1-7-16-13)17-10-12-4-2-8-18(11-12)23(20,21)14-6-3-9-22-14/h3,6,9,12-13,16H,1-2,4-5,7-8,10-11H2,(H,17,19). The van der Waals surface area contributed by atoms with Crippen LogP contribution in [0.1, 0.15) is 25.7 Å². The number of amides is 1. The highest BCUT2D eigenvalue weighted by Gasteiger charge is 2.31. The molecule has 0 aromatic carbocycles. The van der Waals surface area contributed by atoms with Crippen molar-refractivity contribution >= 4 is 27.3 Å². The van der Waals surface area contributed by atoms with Crippen molar-refractivity contribution in [2.75, 3.05) is 26.2 Å². The zero-order valence-corrected chi connectivity index (χ0v) is 14.7. The molecular weight excluding hydrogens is 334 g/mol. The molecule has 0 radical (unpaired) electrons. The van der Waals surface area contributed by atoms with Crippen molar-refractivity contribution in [3.8, 4) is 0 Å². The van der Waals surface area contributed by atoms with Gasteiger partial charge in [0, 0.05) is 19.6 Å². The molecule has 3 rings (SSSR count). The number of thiophene rings is 1. The summed E-state index contributed by atoms with van der Waals surface area (Å²) in [6, 6.07) is 3.33. The maximum absolute atomic E-state index is 12.6. The van der Waals surface area contributed by atoms with Crippen LogP contribution in [0.15, 0.2) is 21.7 Å². The van der Waals surface area contributed by atoms with Crippen LogP contribution in [0.5, 0.6) is 0 Å². The van der Waals surface area contributed by atoms with Crippen molar-refractivity contribution in [1.29, 1.82) is 0 Å². The van der Waals surface area contributed by atoms with E-state index in [0.717, 1.165) is 32.2 Å². The summed E-state index contributed by atoms with van der Waals surface area (Å²) in [5.74, 6) is 0.226. The highest BCUT2D eigenvalue weighted by molar-refractivity contribution is 7.91. The molecule has 0 aliphatic carbocycles. The number of nitrogens with one attached hydrogen (secondary N) is 2. The molecule has 0 spiro atoms. The monoisotopic (exact) mass is 357 g/mol. The lowest BCUT2D eigenvalue weighted by molar-refractivity contribution is -0.123. The predicted octanol–water partition coefficient (Wildman–Crippen LogP) is 1.02. The molecule has 23 heavy (non-hydrogen) atoms. The fraction of sp³-hybridized carbons (Fsp3) is 0.667. The fourth-order valence-electron chi connectivity index (χ4n) is 3.23. The van der Waals surface area contributed by atoms with Crippen LogP contribution < -0.4 is 10.6 Å². The zero-order valence-electron chi connectivity index (χ0n) is 13.0.